The normalized spacial score (nSPS) is 11.8. The second-order valence-corrected chi connectivity index (χ2v) is 17.4. The van der Waals surface area contributed by atoms with Crippen LogP contribution in [0.25, 0.3) is 0 Å². The van der Waals surface area contributed by atoms with Crippen LogP contribution >= 0.6 is 15.8 Å². The summed E-state index contributed by atoms with van der Waals surface area (Å²) in [5.41, 5.74) is 0. The monoisotopic (exact) mass is 818 g/mol. The minimum atomic E-state index is -4.64. The van der Waals surface area contributed by atoms with E-state index in [2.05, 4.69) is 0 Å². The van der Waals surface area contributed by atoms with Crippen LogP contribution in [0.1, 0.15) is 0 Å². The van der Waals surface area contributed by atoms with Gasteiger partial charge in [0.2, 0.25) is 0 Å². The summed E-state index contributed by atoms with van der Waals surface area (Å²) in [6, 6.07) is 35.0. The van der Waals surface area contributed by atoms with Crippen LogP contribution in [-0.2, 0) is 40.7 Å². The van der Waals surface area contributed by atoms with E-state index in [1.807, 2.05) is 79.5 Å². The molecule has 0 aromatic heterocycles. The molecule has 0 aliphatic rings. The Morgan fingerprint density at radius 3 is 1.15 bits per heavy atom. The minimum Gasteiger partial charge on any atom is -0.744 e. The van der Waals surface area contributed by atoms with Gasteiger partial charge in [-0.25, -0.2) is 16.8 Å². The third-order valence-electron chi connectivity index (χ3n) is 7.25. The molecule has 5 aromatic rings. The van der Waals surface area contributed by atoms with E-state index in [0.29, 0.717) is 27.9 Å². The maximum atomic E-state index is 11.9. The van der Waals surface area contributed by atoms with Crippen LogP contribution in [0.3, 0.4) is 0 Å². The summed E-state index contributed by atoms with van der Waals surface area (Å²) in [4.78, 5) is -0.349. The average Bonchev–Trinajstić information content (AvgIpc) is 3.08. The van der Waals surface area contributed by atoms with Gasteiger partial charge in [0.25, 0.3) is 0 Å². The van der Waals surface area contributed by atoms with Crippen molar-refractivity contribution in [2.75, 3.05) is 28.0 Å². The maximum absolute atomic E-state index is 11.9. The largest absolute Gasteiger partial charge is 2.00 e. The Kier molecular flexibility index (Phi) is 14.3. The molecule has 0 radical (unpaired) electrons. The van der Waals surface area contributed by atoms with Gasteiger partial charge >= 0.3 is 20.4 Å². The fourth-order valence-corrected chi connectivity index (χ4v) is 12.6. The van der Waals surface area contributed by atoms with Gasteiger partial charge in [-0.2, -0.15) is 0 Å². The molecule has 5 aromatic carbocycles. The van der Waals surface area contributed by atoms with Crippen molar-refractivity contribution in [3.8, 4) is 17.2 Å². The van der Waals surface area contributed by atoms with Crippen molar-refractivity contribution in [1.82, 2.24) is 0 Å². The topological polar surface area (TPSA) is 142 Å². The molecule has 0 saturated carbocycles. The van der Waals surface area contributed by atoms with Gasteiger partial charge in [-0.3, -0.25) is 0 Å². The fraction of sp³-hybridized carbons (Fsp3) is 0.118. The number of rotatable bonds is 10. The molecule has 254 valence electrons. The molecule has 0 N–H and O–H groups in total. The summed E-state index contributed by atoms with van der Waals surface area (Å²) in [7, 11) is -7.71. The molecular formula is C34H34O9P2PdS2+2. The van der Waals surface area contributed by atoms with Crippen LogP contribution in [0, 0.1) is 0 Å². The number of methoxy groups -OCH3 is 3. The number of hydrogen-bond acceptors (Lipinski definition) is 9. The molecule has 0 spiro atoms. The zero-order valence-electron chi connectivity index (χ0n) is 26.4. The smallest absolute Gasteiger partial charge is 0.744 e. The maximum Gasteiger partial charge on any atom is 2.00 e. The first-order valence-corrected chi connectivity index (χ1v) is 20.4. The molecule has 48 heavy (non-hydrogen) atoms. The third-order valence-corrected chi connectivity index (χ3v) is 14.7. The molecule has 0 saturated heterocycles. The Hall–Kier alpha value is -3.16. The summed E-state index contributed by atoms with van der Waals surface area (Å²) in [5, 5.41) is 3.68. The van der Waals surface area contributed by atoms with E-state index < -0.39 is 36.1 Å². The van der Waals surface area contributed by atoms with E-state index in [0.717, 1.165) is 15.9 Å². The summed E-state index contributed by atoms with van der Waals surface area (Å²) in [6.45, 7) is 1.95. The van der Waals surface area contributed by atoms with Crippen molar-refractivity contribution in [3.63, 3.8) is 0 Å². The number of hydrogen-bond donors (Lipinski definition) is 0. The van der Waals surface area contributed by atoms with E-state index >= 15 is 0 Å². The van der Waals surface area contributed by atoms with Gasteiger partial charge in [0.15, 0.2) is 17.2 Å². The van der Waals surface area contributed by atoms with Gasteiger partial charge in [0.05, 0.1) is 45.7 Å². The van der Waals surface area contributed by atoms with Crippen LogP contribution in [0.4, 0.5) is 0 Å². The number of benzene rings is 5. The molecule has 14 heteroatoms. The molecule has 0 fully saturated rings. The van der Waals surface area contributed by atoms with E-state index in [1.54, 1.807) is 57.7 Å². The van der Waals surface area contributed by atoms with E-state index in [9.17, 15) is 25.9 Å². The quantitative estimate of drug-likeness (QED) is 0.118. The first-order chi connectivity index (χ1) is 22.4. The van der Waals surface area contributed by atoms with E-state index in [4.69, 9.17) is 14.2 Å². The zero-order valence-corrected chi connectivity index (χ0v) is 31.5. The molecule has 5 rings (SSSR count). The predicted molar refractivity (Wildman–Crippen MR) is 189 cm³/mol. The molecular weight excluding hydrogens is 785 g/mol. The Morgan fingerprint density at radius 2 is 0.750 bits per heavy atom. The molecule has 0 bridgehead atoms. The summed E-state index contributed by atoms with van der Waals surface area (Å²) in [6.07, 6.45) is 0. The van der Waals surface area contributed by atoms with Gasteiger partial charge in [-0.1, -0.05) is 60.7 Å². The van der Waals surface area contributed by atoms with Crippen molar-refractivity contribution in [2.45, 2.75) is 9.79 Å². The second-order valence-electron chi connectivity index (χ2n) is 10.0. The van der Waals surface area contributed by atoms with E-state index in [1.165, 1.54) is 12.1 Å². The Balaban J connectivity index is 0.000000266. The average molecular weight is 819 g/mol. The Bertz CT molecular complexity index is 2010. The first-order valence-electron chi connectivity index (χ1n) is 14.1. The molecule has 1 atom stereocenters. The zero-order chi connectivity index (χ0) is 34.2. The van der Waals surface area contributed by atoms with Crippen LogP contribution < -0.4 is 40.7 Å². The van der Waals surface area contributed by atoms with Crippen molar-refractivity contribution in [2.24, 2.45) is 0 Å². The molecule has 9 nitrogen and oxygen atoms in total. The van der Waals surface area contributed by atoms with Crippen LogP contribution in [0.2, 0.25) is 0 Å². The predicted octanol–water partition coefficient (Wildman–Crippen LogP) is 3.49. The van der Waals surface area contributed by atoms with Gasteiger partial charge in [0, 0.05) is 0 Å². The van der Waals surface area contributed by atoms with Crippen LogP contribution in [-0.4, -0.2) is 53.9 Å². The molecule has 1 unspecified atom stereocenters. The van der Waals surface area contributed by atoms with Gasteiger partial charge in [-0.05, 0) is 60.7 Å². The van der Waals surface area contributed by atoms with Crippen molar-refractivity contribution in [3.05, 3.63) is 121 Å². The van der Waals surface area contributed by atoms with Crippen LogP contribution in [0.5, 0.6) is 17.2 Å². The fourth-order valence-electron chi connectivity index (χ4n) is 5.12. The summed E-state index contributed by atoms with van der Waals surface area (Å²) >= 11 is 0. The van der Waals surface area contributed by atoms with E-state index in [-0.39, 0.29) is 30.2 Å². The van der Waals surface area contributed by atoms with Crippen molar-refractivity contribution < 1.29 is 60.6 Å². The molecule has 0 heterocycles. The SMILES string of the molecule is COc1ccccc1[PH+](C)c1ccccc1S(=O)(=O)[O-].COc1ccccc1[PH+](c1ccccc1OC)c1ccccc1S(=O)(=O)[O-].[Pd+2]. The molecule has 0 aliphatic carbocycles. The second kappa shape index (κ2) is 17.5. The Labute approximate surface area is 298 Å². The van der Waals surface area contributed by atoms with Gasteiger partial charge in [0.1, 0.15) is 54.7 Å². The third kappa shape index (κ3) is 9.29. The molecule has 0 aliphatic heterocycles. The summed E-state index contributed by atoms with van der Waals surface area (Å²) < 4.78 is 86.3. The molecule has 0 amide bonds. The van der Waals surface area contributed by atoms with Gasteiger partial charge in [-0.15, -0.1) is 0 Å². The number of ether oxygens (including phenoxy) is 3. The number of para-hydroxylation sites is 3. The first kappa shape index (κ1) is 39.3. The standard InChI is InChI=1S/C20H19O5PS.C14H15O4PS.Pd/c1-24-15-9-3-5-11-17(15)26(18-12-6-4-10-16(18)25-2)19-13-7-8-14-20(19)27(21,22)23;1-18-11-7-3-4-8-12(11)19(2)13-9-5-6-10-14(13)20(15,16)17;/h3-14H,1-2H3,(H,21,22,23);3-10H,1-2H3,(H,15,16,17);/q;;+2. The van der Waals surface area contributed by atoms with Crippen molar-refractivity contribution >= 4 is 62.6 Å². The van der Waals surface area contributed by atoms with Crippen LogP contribution in [0.15, 0.2) is 131 Å². The van der Waals surface area contributed by atoms with Gasteiger partial charge < -0.3 is 23.3 Å². The summed E-state index contributed by atoms with van der Waals surface area (Å²) in [5.74, 6) is 1.98. The van der Waals surface area contributed by atoms with Crippen molar-refractivity contribution in [1.29, 1.82) is 0 Å². The Morgan fingerprint density at radius 1 is 0.458 bits per heavy atom. The minimum absolute atomic E-state index is 0.